The second-order valence-electron chi connectivity index (χ2n) is 10.3. The van der Waals surface area contributed by atoms with E-state index < -0.39 is 17.5 Å². The number of amides is 2. The Bertz CT molecular complexity index is 1080. The van der Waals surface area contributed by atoms with Gasteiger partial charge in [0, 0.05) is 37.5 Å². The number of piperidine rings is 1. The number of likely N-dealkylation sites (tertiary alicyclic amines) is 1. The molecule has 1 saturated heterocycles. The summed E-state index contributed by atoms with van der Waals surface area (Å²) >= 11 is 0. The average molecular weight is 528 g/mol. The number of rotatable bonds is 13. The highest BCUT2D eigenvalue weighted by Gasteiger charge is 2.43. The Labute approximate surface area is 225 Å². The lowest BCUT2D eigenvalue weighted by molar-refractivity contribution is -0.136. The molecule has 2 atom stereocenters. The summed E-state index contributed by atoms with van der Waals surface area (Å²) < 4.78 is 15.6. The third-order valence-electron chi connectivity index (χ3n) is 7.51. The molecule has 0 aromatic heterocycles. The standard InChI is InChI=1S/C30H42FN3O4/c1-3-9-22-10-4-11-23(20-22)28-25(13-5-14-26(28)31)30(38,16-8-18-33-29(36)37)24-12-7-19-34(21-24)27(35)15-6-17-32-2/h4-5,10-11,13-14,20,24,32-33,38H,3,6-9,12,15-19,21H2,1-2H3,(H,36,37). The fourth-order valence-corrected chi connectivity index (χ4v) is 5.63. The van der Waals surface area contributed by atoms with E-state index in [1.165, 1.54) is 6.07 Å². The predicted octanol–water partition coefficient (Wildman–Crippen LogP) is 4.92. The highest BCUT2D eigenvalue weighted by molar-refractivity contribution is 5.76. The molecule has 0 bridgehead atoms. The van der Waals surface area contributed by atoms with Crippen LogP contribution in [-0.2, 0) is 16.8 Å². The third kappa shape index (κ3) is 7.54. The smallest absolute Gasteiger partial charge is 0.404 e. The van der Waals surface area contributed by atoms with E-state index in [-0.39, 0.29) is 24.8 Å². The van der Waals surface area contributed by atoms with Gasteiger partial charge in [-0.1, -0.05) is 49.7 Å². The van der Waals surface area contributed by atoms with Crippen LogP contribution in [0.3, 0.4) is 0 Å². The van der Waals surface area contributed by atoms with Crippen LogP contribution in [0.2, 0.25) is 0 Å². The quantitative estimate of drug-likeness (QED) is 0.277. The number of carbonyl (C=O) groups is 2. The molecule has 1 aliphatic heterocycles. The van der Waals surface area contributed by atoms with E-state index in [0.717, 1.165) is 37.8 Å². The first-order valence-corrected chi connectivity index (χ1v) is 13.8. The molecule has 7 nitrogen and oxygen atoms in total. The van der Waals surface area contributed by atoms with Gasteiger partial charge in [-0.15, -0.1) is 0 Å². The van der Waals surface area contributed by atoms with Gasteiger partial charge in [-0.05, 0) is 74.9 Å². The number of aliphatic hydroxyl groups is 1. The summed E-state index contributed by atoms with van der Waals surface area (Å²) in [6.07, 6.45) is 3.94. The van der Waals surface area contributed by atoms with Crippen molar-refractivity contribution in [3.05, 3.63) is 59.4 Å². The number of benzene rings is 2. The molecule has 0 aliphatic carbocycles. The first-order chi connectivity index (χ1) is 18.3. The minimum atomic E-state index is -1.44. The predicted molar refractivity (Wildman–Crippen MR) is 147 cm³/mol. The van der Waals surface area contributed by atoms with Gasteiger partial charge in [0.05, 0.1) is 5.60 Å². The van der Waals surface area contributed by atoms with E-state index in [2.05, 4.69) is 17.6 Å². The number of hydrogen-bond donors (Lipinski definition) is 4. The number of carboxylic acid groups (broad SMARTS) is 1. The Kier molecular flexibility index (Phi) is 11.1. The summed E-state index contributed by atoms with van der Waals surface area (Å²) in [6, 6.07) is 12.6. The van der Waals surface area contributed by atoms with E-state index in [1.807, 2.05) is 36.2 Å². The minimum absolute atomic E-state index is 0.0616. The summed E-state index contributed by atoms with van der Waals surface area (Å²) in [4.78, 5) is 25.8. The highest BCUT2D eigenvalue weighted by Crippen LogP contribution is 2.44. The van der Waals surface area contributed by atoms with E-state index in [1.54, 1.807) is 12.1 Å². The van der Waals surface area contributed by atoms with Gasteiger partial charge in [-0.25, -0.2) is 9.18 Å². The monoisotopic (exact) mass is 527 g/mol. The Hall–Kier alpha value is -2.97. The van der Waals surface area contributed by atoms with E-state index in [4.69, 9.17) is 5.11 Å². The van der Waals surface area contributed by atoms with Crippen LogP contribution in [0.4, 0.5) is 9.18 Å². The van der Waals surface area contributed by atoms with E-state index in [0.29, 0.717) is 49.0 Å². The lowest BCUT2D eigenvalue weighted by Crippen LogP contribution is -2.48. The number of nitrogens with one attached hydrogen (secondary N) is 2. The van der Waals surface area contributed by atoms with Crippen LogP contribution in [0.25, 0.3) is 11.1 Å². The average Bonchev–Trinajstić information content (AvgIpc) is 2.91. The lowest BCUT2D eigenvalue weighted by atomic mass is 9.72. The zero-order valence-electron chi connectivity index (χ0n) is 22.6. The maximum atomic E-state index is 15.6. The van der Waals surface area contributed by atoms with E-state index >= 15 is 4.39 Å². The van der Waals surface area contributed by atoms with Crippen molar-refractivity contribution < 1.29 is 24.2 Å². The van der Waals surface area contributed by atoms with Crippen molar-refractivity contribution in [1.29, 1.82) is 0 Å². The van der Waals surface area contributed by atoms with Crippen LogP contribution in [0.1, 0.15) is 63.0 Å². The SMILES string of the molecule is CCCc1cccc(-c2c(F)cccc2C(O)(CCCNC(=O)O)C2CCCN(C(=O)CCCNC)C2)c1. The molecule has 2 unspecified atom stereocenters. The fraction of sp³-hybridized carbons (Fsp3) is 0.533. The zero-order chi connectivity index (χ0) is 27.5. The number of aryl methyl sites for hydroxylation is 1. The van der Waals surface area contributed by atoms with Gasteiger partial charge < -0.3 is 25.7 Å². The molecule has 0 saturated carbocycles. The molecule has 38 heavy (non-hydrogen) atoms. The molecule has 1 heterocycles. The largest absolute Gasteiger partial charge is 0.465 e. The molecule has 0 spiro atoms. The molecule has 2 amide bonds. The molecule has 4 N–H and O–H groups in total. The van der Waals surface area contributed by atoms with Gasteiger partial charge >= 0.3 is 6.09 Å². The van der Waals surface area contributed by atoms with Crippen molar-refractivity contribution in [2.45, 2.75) is 63.9 Å². The normalized spacial score (nSPS) is 17.2. The van der Waals surface area contributed by atoms with Crippen molar-refractivity contribution in [3.8, 4) is 11.1 Å². The number of halogens is 1. The first kappa shape index (κ1) is 29.6. The Morgan fingerprint density at radius 3 is 2.68 bits per heavy atom. The van der Waals surface area contributed by atoms with Gasteiger partial charge in [0.1, 0.15) is 5.82 Å². The highest BCUT2D eigenvalue weighted by atomic mass is 19.1. The van der Waals surface area contributed by atoms with E-state index in [9.17, 15) is 14.7 Å². The Morgan fingerprint density at radius 1 is 1.16 bits per heavy atom. The zero-order valence-corrected chi connectivity index (χ0v) is 22.6. The molecular formula is C30H42FN3O4. The topological polar surface area (TPSA) is 102 Å². The Morgan fingerprint density at radius 2 is 1.95 bits per heavy atom. The second kappa shape index (κ2) is 14.3. The molecule has 0 radical (unpaired) electrons. The number of hydrogen-bond acceptors (Lipinski definition) is 4. The molecule has 2 aromatic rings. The van der Waals surface area contributed by atoms with Crippen LogP contribution in [0.5, 0.6) is 0 Å². The molecule has 2 aromatic carbocycles. The Balaban J connectivity index is 1.99. The maximum absolute atomic E-state index is 15.6. The van der Waals surface area contributed by atoms with Gasteiger partial charge in [0.25, 0.3) is 0 Å². The minimum Gasteiger partial charge on any atom is -0.465 e. The van der Waals surface area contributed by atoms with Crippen molar-refractivity contribution in [1.82, 2.24) is 15.5 Å². The van der Waals surface area contributed by atoms with Gasteiger partial charge in [-0.2, -0.15) is 0 Å². The lowest BCUT2D eigenvalue weighted by Gasteiger charge is -2.43. The second-order valence-corrected chi connectivity index (χ2v) is 10.3. The van der Waals surface area contributed by atoms with Gasteiger partial charge in [0.2, 0.25) is 5.91 Å². The third-order valence-corrected chi connectivity index (χ3v) is 7.51. The van der Waals surface area contributed by atoms with Crippen molar-refractivity contribution >= 4 is 12.0 Å². The fourth-order valence-electron chi connectivity index (χ4n) is 5.63. The van der Waals surface area contributed by atoms with Gasteiger partial charge in [0.15, 0.2) is 0 Å². The number of nitrogens with zero attached hydrogens (tertiary/aromatic N) is 1. The van der Waals surface area contributed by atoms with Crippen LogP contribution in [0.15, 0.2) is 42.5 Å². The molecule has 3 rings (SSSR count). The van der Waals surface area contributed by atoms with Crippen molar-refractivity contribution in [3.63, 3.8) is 0 Å². The van der Waals surface area contributed by atoms with Crippen LogP contribution < -0.4 is 10.6 Å². The molecule has 1 aliphatic rings. The first-order valence-electron chi connectivity index (χ1n) is 13.8. The summed E-state index contributed by atoms with van der Waals surface area (Å²) in [5, 5.41) is 26.9. The number of carbonyl (C=O) groups excluding carboxylic acids is 1. The molecule has 208 valence electrons. The van der Waals surface area contributed by atoms with Gasteiger partial charge in [-0.3, -0.25) is 4.79 Å². The summed E-state index contributed by atoms with van der Waals surface area (Å²) in [5.74, 6) is -0.658. The van der Waals surface area contributed by atoms with Crippen molar-refractivity contribution in [2.24, 2.45) is 5.92 Å². The summed E-state index contributed by atoms with van der Waals surface area (Å²) in [6.45, 7) is 4.05. The van der Waals surface area contributed by atoms with Crippen LogP contribution >= 0.6 is 0 Å². The van der Waals surface area contributed by atoms with Crippen LogP contribution in [0, 0.1) is 11.7 Å². The summed E-state index contributed by atoms with van der Waals surface area (Å²) in [7, 11) is 1.86. The molecule has 1 fully saturated rings. The maximum Gasteiger partial charge on any atom is 0.404 e. The summed E-state index contributed by atoms with van der Waals surface area (Å²) in [5.41, 5.74) is 1.24. The van der Waals surface area contributed by atoms with Crippen LogP contribution in [-0.4, -0.2) is 60.3 Å². The molecular weight excluding hydrogens is 485 g/mol. The van der Waals surface area contributed by atoms with Crippen molar-refractivity contribution in [2.75, 3.05) is 33.2 Å². The molecule has 8 heteroatoms.